The zero-order valence-electron chi connectivity index (χ0n) is 16.4. The van der Waals surface area contributed by atoms with E-state index in [-0.39, 0.29) is 18.6 Å². The molecule has 0 spiro atoms. The van der Waals surface area contributed by atoms with Gasteiger partial charge >= 0.3 is 5.97 Å². The third-order valence-corrected chi connectivity index (χ3v) is 7.89. The van der Waals surface area contributed by atoms with Crippen LogP contribution >= 0.6 is 23.5 Å². The Morgan fingerprint density at radius 2 is 1.75 bits per heavy atom. The largest absolute Gasteiger partial charge is 0.452 e. The molecule has 1 fully saturated rings. The summed E-state index contributed by atoms with van der Waals surface area (Å²) < 4.78 is 5.62. The van der Waals surface area contributed by atoms with Gasteiger partial charge in [0.25, 0.3) is 5.91 Å². The standard InChI is InChI=1S/C22H25NO3S2/c1-14-4-5-19(12-15(14)2)16(3)23-20(24)13-26-21(25)17-6-8-18(9-7-17)22-27-10-11-28-22/h4-9,12,16,22H,10-11,13H2,1-3H3,(H,23,24)/t16-/m1/s1. The SMILES string of the molecule is Cc1ccc([C@@H](C)NC(=O)COC(=O)c2ccc(C3SCCS3)cc2)cc1C. The topological polar surface area (TPSA) is 55.4 Å². The van der Waals surface area contributed by atoms with E-state index >= 15 is 0 Å². The molecule has 0 unspecified atom stereocenters. The van der Waals surface area contributed by atoms with Gasteiger partial charge in [-0.2, -0.15) is 0 Å². The minimum atomic E-state index is -0.479. The van der Waals surface area contributed by atoms with Crippen LogP contribution in [0.5, 0.6) is 0 Å². The lowest BCUT2D eigenvalue weighted by Crippen LogP contribution is -2.31. The Hall–Kier alpha value is -1.92. The Morgan fingerprint density at radius 3 is 2.39 bits per heavy atom. The Labute approximate surface area is 174 Å². The zero-order valence-corrected chi connectivity index (χ0v) is 18.0. The molecule has 1 amide bonds. The number of thioether (sulfide) groups is 2. The van der Waals surface area contributed by atoms with Crippen molar-refractivity contribution in [2.75, 3.05) is 18.1 Å². The number of benzene rings is 2. The monoisotopic (exact) mass is 415 g/mol. The van der Waals surface area contributed by atoms with Crippen LogP contribution < -0.4 is 5.32 Å². The second-order valence-electron chi connectivity index (χ2n) is 6.90. The number of hydrogen-bond donors (Lipinski definition) is 1. The molecule has 6 heteroatoms. The Kier molecular flexibility index (Phi) is 7.08. The number of amides is 1. The molecule has 1 saturated heterocycles. The Morgan fingerprint density at radius 1 is 1.07 bits per heavy atom. The van der Waals surface area contributed by atoms with E-state index in [1.165, 1.54) is 16.7 Å². The van der Waals surface area contributed by atoms with Crippen molar-refractivity contribution in [2.45, 2.75) is 31.4 Å². The summed E-state index contributed by atoms with van der Waals surface area (Å²) in [6, 6.07) is 13.4. The van der Waals surface area contributed by atoms with Crippen LogP contribution in [0.4, 0.5) is 0 Å². The third-order valence-electron chi connectivity index (χ3n) is 4.78. The van der Waals surface area contributed by atoms with Crippen molar-refractivity contribution in [3.8, 4) is 0 Å². The number of esters is 1. The number of aryl methyl sites for hydroxylation is 2. The minimum absolute atomic E-state index is 0.147. The van der Waals surface area contributed by atoms with Gasteiger partial charge in [-0.3, -0.25) is 4.79 Å². The summed E-state index contributed by atoms with van der Waals surface area (Å²) >= 11 is 3.85. The molecule has 0 aromatic heterocycles. The molecule has 1 N–H and O–H groups in total. The van der Waals surface area contributed by atoms with Gasteiger partial charge in [0.2, 0.25) is 0 Å². The molecule has 1 atom stereocenters. The maximum absolute atomic E-state index is 12.2. The molecular formula is C22H25NO3S2. The van der Waals surface area contributed by atoms with Crippen LogP contribution in [0.25, 0.3) is 0 Å². The molecular weight excluding hydrogens is 390 g/mol. The molecule has 148 valence electrons. The zero-order chi connectivity index (χ0) is 20.1. The molecule has 0 aliphatic carbocycles. The normalized spacial score (nSPS) is 15.2. The van der Waals surface area contributed by atoms with E-state index in [1.807, 2.05) is 61.6 Å². The van der Waals surface area contributed by atoms with Crippen LogP contribution in [0.15, 0.2) is 42.5 Å². The van der Waals surface area contributed by atoms with Gasteiger partial charge in [0.1, 0.15) is 0 Å². The molecule has 0 radical (unpaired) electrons. The highest BCUT2D eigenvalue weighted by Crippen LogP contribution is 2.45. The highest BCUT2D eigenvalue weighted by Gasteiger charge is 2.19. The first-order valence-corrected chi connectivity index (χ1v) is 11.4. The van der Waals surface area contributed by atoms with Crippen LogP contribution in [0.2, 0.25) is 0 Å². The van der Waals surface area contributed by atoms with E-state index < -0.39 is 5.97 Å². The highest BCUT2D eigenvalue weighted by atomic mass is 32.2. The average molecular weight is 416 g/mol. The lowest BCUT2D eigenvalue weighted by molar-refractivity contribution is -0.124. The molecule has 2 aromatic carbocycles. The number of hydrogen-bond acceptors (Lipinski definition) is 5. The number of ether oxygens (including phenoxy) is 1. The smallest absolute Gasteiger partial charge is 0.338 e. The van der Waals surface area contributed by atoms with Crippen molar-refractivity contribution in [1.82, 2.24) is 5.32 Å². The number of carbonyl (C=O) groups is 2. The average Bonchev–Trinajstić information content (AvgIpc) is 3.23. The first-order valence-electron chi connectivity index (χ1n) is 9.31. The van der Waals surface area contributed by atoms with E-state index in [9.17, 15) is 9.59 Å². The van der Waals surface area contributed by atoms with Gasteiger partial charge in [-0.15, -0.1) is 23.5 Å². The van der Waals surface area contributed by atoms with E-state index in [2.05, 4.69) is 18.3 Å². The first kappa shape index (κ1) is 20.8. The lowest BCUT2D eigenvalue weighted by atomic mass is 10.0. The first-order chi connectivity index (χ1) is 13.4. The van der Waals surface area contributed by atoms with Gasteiger partial charge in [-0.1, -0.05) is 30.3 Å². The van der Waals surface area contributed by atoms with Crippen molar-refractivity contribution in [2.24, 2.45) is 0 Å². The van der Waals surface area contributed by atoms with Gasteiger partial charge in [-0.25, -0.2) is 4.79 Å². The van der Waals surface area contributed by atoms with Gasteiger partial charge in [0, 0.05) is 11.5 Å². The van der Waals surface area contributed by atoms with Crippen LogP contribution in [-0.2, 0) is 9.53 Å². The van der Waals surface area contributed by atoms with E-state index in [1.54, 1.807) is 12.1 Å². The van der Waals surface area contributed by atoms with Crippen LogP contribution in [0, 0.1) is 13.8 Å². The van der Waals surface area contributed by atoms with E-state index in [0.717, 1.165) is 17.1 Å². The van der Waals surface area contributed by atoms with Gasteiger partial charge < -0.3 is 10.1 Å². The predicted octanol–water partition coefficient (Wildman–Crippen LogP) is 4.82. The quantitative estimate of drug-likeness (QED) is 0.686. The third kappa shape index (κ3) is 5.32. The van der Waals surface area contributed by atoms with Crippen molar-refractivity contribution in [3.05, 3.63) is 70.3 Å². The number of carbonyl (C=O) groups excluding carboxylic acids is 2. The second-order valence-corrected chi connectivity index (χ2v) is 9.63. The van der Waals surface area contributed by atoms with Gasteiger partial charge in [0.05, 0.1) is 16.2 Å². The Balaban J connectivity index is 1.49. The highest BCUT2D eigenvalue weighted by molar-refractivity contribution is 8.19. The fourth-order valence-electron chi connectivity index (χ4n) is 2.94. The van der Waals surface area contributed by atoms with Crippen LogP contribution in [0.3, 0.4) is 0 Å². The fourth-order valence-corrected chi connectivity index (χ4v) is 5.80. The van der Waals surface area contributed by atoms with Crippen molar-refractivity contribution >= 4 is 35.4 Å². The molecule has 4 nitrogen and oxygen atoms in total. The summed E-state index contributed by atoms with van der Waals surface area (Å²) in [5.74, 6) is 1.53. The summed E-state index contributed by atoms with van der Waals surface area (Å²) in [5, 5.41) is 2.87. The molecule has 3 rings (SSSR count). The van der Waals surface area contributed by atoms with Gasteiger partial charge in [-0.05, 0) is 55.2 Å². The molecule has 28 heavy (non-hydrogen) atoms. The minimum Gasteiger partial charge on any atom is -0.452 e. The molecule has 2 aromatic rings. The molecule has 0 bridgehead atoms. The van der Waals surface area contributed by atoms with Crippen molar-refractivity contribution in [3.63, 3.8) is 0 Å². The Bertz CT molecular complexity index is 845. The number of rotatable bonds is 6. The van der Waals surface area contributed by atoms with Crippen LogP contribution in [-0.4, -0.2) is 30.0 Å². The van der Waals surface area contributed by atoms with Crippen molar-refractivity contribution in [1.29, 1.82) is 0 Å². The maximum Gasteiger partial charge on any atom is 0.338 e. The molecule has 1 aliphatic rings. The predicted molar refractivity (Wildman–Crippen MR) is 117 cm³/mol. The summed E-state index contributed by atoms with van der Waals surface area (Å²) in [5.41, 5.74) is 5.10. The number of nitrogens with one attached hydrogen (secondary N) is 1. The second kappa shape index (κ2) is 9.52. The molecule has 0 saturated carbocycles. The fraction of sp³-hybridized carbons (Fsp3) is 0.364. The van der Waals surface area contributed by atoms with E-state index in [0.29, 0.717) is 10.1 Å². The van der Waals surface area contributed by atoms with E-state index in [4.69, 9.17) is 4.74 Å². The maximum atomic E-state index is 12.2. The van der Waals surface area contributed by atoms with Crippen molar-refractivity contribution < 1.29 is 14.3 Å². The van der Waals surface area contributed by atoms with Crippen LogP contribution in [0.1, 0.15) is 50.2 Å². The molecule has 1 heterocycles. The van der Waals surface area contributed by atoms with Gasteiger partial charge in [0.15, 0.2) is 6.61 Å². The summed E-state index contributed by atoms with van der Waals surface area (Å²) in [7, 11) is 0. The summed E-state index contributed by atoms with van der Waals surface area (Å²) in [6.07, 6.45) is 0. The molecule has 1 aliphatic heterocycles. The summed E-state index contributed by atoms with van der Waals surface area (Å²) in [4.78, 5) is 24.4. The lowest BCUT2D eigenvalue weighted by Gasteiger charge is -2.16. The summed E-state index contributed by atoms with van der Waals surface area (Å²) in [6.45, 7) is 5.73.